The van der Waals surface area contributed by atoms with E-state index in [0.717, 1.165) is 11.1 Å². The first-order chi connectivity index (χ1) is 17.1. The molecular weight excluding hydrogens is 462 g/mol. The number of piperazine rings is 1. The summed E-state index contributed by atoms with van der Waals surface area (Å²) < 4.78 is 0. The van der Waals surface area contributed by atoms with Crippen molar-refractivity contribution in [2.45, 2.75) is 6.92 Å². The molecule has 176 valence electrons. The number of carbonyl (C=O) groups excluding carboxylic acids is 2. The van der Waals surface area contributed by atoms with Gasteiger partial charge in [-0.25, -0.2) is 9.97 Å². The van der Waals surface area contributed by atoms with Crippen LogP contribution >= 0.6 is 11.3 Å². The molecule has 4 aromatic rings. The Hall–Kier alpha value is -4.18. The highest BCUT2D eigenvalue weighted by Crippen LogP contribution is 2.29. The number of carbonyl (C=O) groups is 2. The molecule has 10 heteroatoms. The van der Waals surface area contributed by atoms with Gasteiger partial charge in [0, 0.05) is 36.8 Å². The number of nitrogens with one attached hydrogen (secondary N) is 1. The van der Waals surface area contributed by atoms with Gasteiger partial charge in [0.05, 0.1) is 12.2 Å². The predicted octanol–water partition coefficient (Wildman–Crippen LogP) is 3.58. The van der Waals surface area contributed by atoms with E-state index in [1.165, 1.54) is 11.3 Å². The van der Waals surface area contributed by atoms with Gasteiger partial charge in [-0.05, 0) is 19.1 Å². The fraction of sp³-hybridized carbons (Fsp3) is 0.200. The molecule has 0 bridgehead atoms. The number of nitrogens with zero attached hydrogens (tertiary/aromatic N) is 6. The minimum absolute atomic E-state index is 0.0376. The number of likely N-dealkylation sites (N-methyl/N-ethyl adjacent to an activating group) is 1. The molecule has 2 aromatic heterocycles. The fourth-order valence-corrected chi connectivity index (χ4v) is 4.52. The van der Waals surface area contributed by atoms with Crippen LogP contribution in [0.4, 0.5) is 11.5 Å². The third-order valence-corrected chi connectivity index (χ3v) is 6.49. The van der Waals surface area contributed by atoms with E-state index < -0.39 is 0 Å². The van der Waals surface area contributed by atoms with Gasteiger partial charge in [0.1, 0.15) is 22.0 Å². The minimum atomic E-state index is -0.374. The molecule has 1 fully saturated rings. The number of amides is 2. The van der Waals surface area contributed by atoms with Gasteiger partial charge in [-0.1, -0.05) is 53.8 Å². The first-order valence-corrected chi connectivity index (χ1v) is 12.1. The second-order valence-electron chi connectivity index (χ2n) is 7.94. The summed E-state index contributed by atoms with van der Waals surface area (Å²) in [5.41, 5.74) is 4.04. The lowest BCUT2D eigenvalue weighted by atomic mass is 10.1. The van der Waals surface area contributed by atoms with Crippen LogP contribution in [-0.4, -0.2) is 63.1 Å². The Labute approximate surface area is 206 Å². The topological polar surface area (TPSA) is 104 Å². The van der Waals surface area contributed by atoms with Crippen molar-refractivity contribution in [1.82, 2.24) is 25.1 Å². The van der Waals surface area contributed by atoms with Crippen molar-refractivity contribution in [3.63, 3.8) is 0 Å². The molecule has 1 saturated heterocycles. The van der Waals surface area contributed by atoms with Gasteiger partial charge in [-0.2, -0.15) is 0 Å². The average Bonchev–Trinajstić information content (AvgIpc) is 3.44. The number of para-hydroxylation sites is 1. The van der Waals surface area contributed by atoms with Gasteiger partial charge in [-0.3, -0.25) is 9.59 Å². The Morgan fingerprint density at radius 3 is 2.60 bits per heavy atom. The molecule has 0 unspecified atom stereocenters. The van der Waals surface area contributed by atoms with Gasteiger partial charge in [0.15, 0.2) is 5.82 Å². The highest BCUT2D eigenvalue weighted by atomic mass is 32.1. The van der Waals surface area contributed by atoms with Crippen LogP contribution in [0.25, 0.3) is 22.0 Å². The lowest BCUT2D eigenvalue weighted by Gasteiger charge is -2.34. The van der Waals surface area contributed by atoms with Crippen LogP contribution in [0.5, 0.6) is 0 Å². The van der Waals surface area contributed by atoms with E-state index in [0.29, 0.717) is 42.0 Å². The number of benzene rings is 2. The average molecular weight is 486 g/mol. The summed E-state index contributed by atoms with van der Waals surface area (Å²) in [5, 5.41) is 11.7. The Morgan fingerprint density at radius 1 is 1.06 bits per heavy atom. The summed E-state index contributed by atoms with van der Waals surface area (Å²) in [6.07, 6.45) is 0. The van der Waals surface area contributed by atoms with Gasteiger partial charge < -0.3 is 15.1 Å². The number of hydrogen-bond donors (Lipinski definition) is 1. The van der Waals surface area contributed by atoms with Crippen molar-refractivity contribution in [2.24, 2.45) is 0 Å². The number of rotatable bonds is 6. The van der Waals surface area contributed by atoms with Crippen LogP contribution in [0.15, 0.2) is 66.2 Å². The fourth-order valence-electron chi connectivity index (χ4n) is 3.92. The van der Waals surface area contributed by atoms with E-state index >= 15 is 0 Å². The van der Waals surface area contributed by atoms with E-state index in [1.54, 1.807) is 11.6 Å². The Morgan fingerprint density at radius 2 is 1.86 bits per heavy atom. The van der Waals surface area contributed by atoms with E-state index in [1.807, 2.05) is 71.3 Å². The summed E-state index contributed by atoms with van der Waals surface area (Å²) >= 11 is 1.39. The molecule has 3 heterocycles. The second kappa shape index (κ2) is 9.98. The SMILES string of the molecule is CCN1CCN(c2cc(C(=O)Nc3ccccc3-c3nncs3)nc(-c3ccccc3)n2)CC1=O. The summed E-state index contributed by atoms with van der Waals surface area (Å²) in [7, 11) is 0. The zero-order valence-electron chi connectivity index (χ0n) is 19.1. The van der Waals surface area contributed by atoms with Crippen LogP contribution in [0.3, 0.4) is 0 Å². The number of aromatic nitrogens is 4. The molecule has 1 aliphatic rings. The van der Waals surface area contributed by atoms with Crippen LogP contribution in [-0.2, 0) is 4.79 Å². The zero-order chi connectivity index (χ0) is 24.2. The van der Waals surface area contributed by atoms with Gasteiger partial charge in [0.25, 0.3) is 5.91 Å². The monoisotopic (exact) mass is 485 g/mol. The summed E-state index contributed by atoms with van der Waals surface area (Å²) in [6, 6.07) is 18.6. The Kier molecular flexibility index (Phi) is 6.44. The molecule has 1 N–H and O–H groups in total. The maximum atomic E-state index is 13.4. The van der Waals surface area contributed by atoms with Crippen molar-refractivity contribution in [1.29, 1.82) is 0 Å². The van der Waals surface area contributed by atoms with Crippen molar-refractivity contribution < 1.29 is 9.59 Å². The van der Waals surface area contributed by atoms with Gasteiger partial charge >= 0.3 is 0 Å². The predicted molar refractivity (Wildman–Crippen MR) is 135 cm³/mol. The molecule has 9 nitrogen and oxygen atoms in total. The van der Waals surface area contributed by atoms with Gasteiger partial charge in [-0.15, -0.1) is 10.2 Å². The second-order valence-corrected chi connectivity index (χ2v) is 8.77. The Bertz CT molecular complexity index is 1350. The van der Waals surface area contributed by atoms with Crippen LogP contribution < -0.4 is 10.2 Å². The van der Waals surface area contributed by atoms with E-state index in [4.69, 9.17) is 4.98 Å². The molecule has 2 aromatic carbocycles. The highest BCUT2D eigenvalue weighted by Gasteiger charge is 2.25. The maximum absolute atomic E-state index is 13.4. The summed E-state index contributed by atoms with van der Waals surface area (Å²) in [4.78, 5) is 38.9. The Balaban J connectivity index is 1.50. The molecule has 0 saturated carbocycles. The first kappa shape index (κ1) is 22.6. The third kappa shape index (κ3) is 4.87. The largest absolute Gasteiger partial charge is 0.345 e. The molecule has 0 spiro atoms. The molecular formula is C25H23N7O2S. The van der Waals surface area contributed by atoms with Crippen molar-refractivity contribution in [2.75, 3.05) is 36.4 Å². The molecule has 0 radical (unpaired) electrons. The van der Waals surface area contributed by atoms with Crippen molar-refractivity contribution in [3.05, 3.63) is 71.9 Å². The number of anilines is 2. The standard InChI is InChI=1S/C25H23N7O2S/c1-2-31-12-13-32(15-22(31)33)21-14-20(27-23(29-21)17-8-4-3-5-9-17)24(34)28-19-11-7-6-10-18(19)25-30-26-16-35-25/h3-11,14,16H,2,12-13,15H2,1H3,(H,28,34). The van der Waals surface area contributed by atoms with Gasteiger partial charge in [0.2, 0.25) is 5.91 Å². The summed E-state index contributed by atoms with van der Waals surface area (Å²) in [5.74, 6) is 0.637. The van der Waals surface area contributed by atoms with Crippen molar-refractivity contribution in [3.8, 4) is 22.0 Å². The third-order valence-electron chi connectivity index (χ3n) is 5.77. The lowest BCUT2D eigenvalue weighted by molar-refractivity contribution is -0.130. The number of hydrogen-bond acceptors (Lipinski definition) is 8. The molecule has 0 aliphatic carbocycles. The first-order valence-electron chi connectivity index (χ1n) is 11.3. The molecule has 2 amide bonds. The lowest BCUT2D eigenvalue weighted by Crippen LogP contribution is -2.50. The van der Waals surface area contributed by atoms with E-state index in [9.17, 15) is 9.59 Å². The molecule has 5 rings (SSSR count). The minimum Gasteiger partial charge on any atom is -0.345 e. The zero-order valence-corrected chi connectivity index (χ0v) is 19.9. The van der Waals surface area contributed by atoms with E-state index in [2.05, 4.69) is 20.5 Å². The van der Waals surface area contributed by atoms with Crippen LogP contribution in [0.1, 0.15) is 17.4 Å². The quantitative estimate of drug-likeness (QED) is 0.445. The molecule has 1 aliphatic heterocycles. The summed E-state index contributed by atoms with van der Waals surface area (Å²) in [6.45, 7) is 4.09. The normalized spacial score (nSPS) is 13.7. The highest BCUT2D eigenvalue weighted by molar-refractivity contribution is 7.12. The van der Waals surface area contributed by atoms with Crippen LogP contribution in [0.2, 0.25) is 0 Å². The van der Waals surface area contributed by atoms with Crippen molar-refractivity contribution >= 4 is 34.7 Å². The smallest absolute Gasteiger partial charge is 0.274 e. The molecule has 35 heavy (non-hydrogen) atoms. The van der Waals surface area contributed by atoms with Crippen LogP contribution in [0, 0.1) is 0 Å². The van der Waals surface area contributed by atoms with E-state index in [-0.39, 0.29) is 24.1 Å². The molecule has 0 atom stereocenters. The maximum Gasteiger partial charge on any atom is 0.274 e.